The standard InChI is InChI=1S/C66H48N2S2/c1-7-26-51(27-8-1)69(52-28-9-2-10-29-52,53-30-11-3-12-31-53)57-38-23-25-49(47-57)68-61-41-21-19-39-58(61)59-46-45-50(48-64(59)68)67-62-42-22-20-40-60(62)66-63(67)43-24-44-65(66)70(54-32-13-4-14-33-54,55-34-15-5-16-35-55)56-36-17-6-18-37-56/h1-48H. The summed E-state index contributed by atoms with van der Waals surface area (Å²) < 4.78 is 5.00. The van der Waals surface area contributed by atoms with Gasteiger partial charge in [0.05, 0.1) is 22.1 Å². The van der Waals surface area contributed by atoms with E-state index in [0.29, 0.717) is 0 Å². The summed E-state index contributed by atoms with van der Waals surface area (Å²) in [6.45, 7) is 0. The van der Waals surface area contributed by atoms with Crippen LogP contribution in [0.4, 0.5) is 0 Å². The molecule has 0 N–H and O–H groups in total. The largest absolute Gasteiger partial charge is 0.309 e. The lowest BCUT2D eigenvalue weighted by molar-refractivity contribution is 1.14. The molecule has 70 heavy (non-hydrogen) atoms. The summed E-state index contributed by atoms with van der Waals surface area (Å²) in [6.07, 6.45) is 0. The quantitative estimate of drug-likeness (QED) is 0.129. The fraction of sp³-hybridized carbons (Fsp3) is 0. The molecular weight excluding hydrogens is 885 g/mol. The Kier molecular flexibility index (Phi) is 10.4. The third kappa shape index (κ3) is 6.45. The van der Waals surface area contributed by atoms with Crippen LogP contribution in [0.25, 0.3) is 55.0 Å². The van der Waals surface area contributed by atoms with Crippen molar-refractivity contribution in [3.63, 3.8) is 0 Å². The van der Waals surface area contributed by atoms with Gasteiger partial charge in [0.25, 0.3) is 0 Å². The second kappa shape index (κ2) is 17.4. The van der Waals surface area contributed by atoms with Crippen LogP contribution in [0.1, 0.15) is 0 Å². The van der Waals surface area contributed by atoms with Crippen molar-refractivity contribution in [2.24, 2.45) is 0 Å². The minimum Gasteiger partial charge on any atom is -0.309 e. The van der Waals surface area contributed by atoms with Gasteiger partial charge in [-0.2, -0.15) is 0 Å². The molecule has 0 fully saturated rings. The Balaban J connectivity index is 1.08. The molecule has 2 nitrogen and oxygen atoms in total. The molecule has 334 valence electrons. The maximum Gasteiger partial charge on any atom is 0.0561 e. The Bertz CT molecular complexity index is 3790. The Morgan fingerprint density at radius 1 is 0.214 bits per heavy atom. The molecule has 0 bridgehead atoms. The van der Waals surface area contributed by atoms with Crippen LogP contribution in [0.3, 0.4) is 0 Å². The van der Waals surface area contributed by atoms with Crippen molar-refractivity contribution in [3.8, 4) is 11.4 Å². The van der Waals surface area contributed by atoms with Gasteiger partial charge in [0.1, 0.15) is 0 Å². The van der Waals surface area contributed by atoms with Crippen molar-refractivity contribution in [2.75, 3.05) is 0 Å². The van der Waals surface area contributed by atoms with Crippen LogP contribution < -0.4 is 0 Å². The summed E-state index contributed by atoms with van der Waals surface area (Å²) in [4.78, 5) is 10.4. The second-order valence-corrected chi connectivity index (χ2v) is 23.8. The average Bonchev–Trinajstić information content (AvgIpc) is 3.96. The summed E-state index contributed by atoms with van der Waals surface area (Å²) in [7, 11) is -3.90. The van der Waals surface area contributed by atoms with E-state index in [1.54, 1.807) is 0 Å². The molecule has 0 radical (unpaired) electrons. The van der Waals surface area contributed by atoms with E-state index in [-0.39, 0.29) is 0 Å². The van der Waals surface area contributed by atoms with Crippen molar-refractivity contribution in [1.29, 1.82) is 0 Å². The molecule has 0 atom stereocenters. The molecule has 0 aliphatic carbocycles. The zero-order valence-corrected chi connectivity index (χ0v) is 40.1. The summed E-state index contributed by atoms with van der Waals surface area (Å²) in [5.41, 5.74) is 6.96. The normalized spacial score (nSPS) is 12.5. The predicted octanol–water partition coefficient (Wildman–Crippen LogP) is 18.6. The molecular formula is C66H48N2S2. The minimum absolute atomic E-state index is 1.12. The summed E-state index contributed by atoms with van der Waals surface area (Å²) in [5.74, 6) is 0. The smallest absolute Gasteiger partial charge is 0.0561 e. The fourth-order valence-corrected chi connectivity index (χ4v) is 19.0. The second-order valence-electron chi connectivity index (χ2n) is 17.7. The number of nitrogens with zero attached hydrogens (tertiary/aromatic N) is 2. The van der Waals surface area contributed by atoms with Crippen molar-refractivity contribution < 1.29 is 0 Å². The highest BCUT2D eigenvalue weighted by molar-refractivity contribution is 8.34. The van der Waals surface area contributed by atoms with Crippen molar-refractivity contribution in [2.45, 2.75) is 39.2 Å². The molecule has 0 amide bonds. The van der Waals surface area contributed by atoms with Gasteiger partial charge in [0.15, 0.2) is 0 Å². The van der Waals surface area contributed by atoms with Gasteiger partial charge in [-0.1, -0.05) is 164 Å². The van der Waals surface area contributed by atoms with Gasteiger partial charge < -0.3 is 9.13 Å². The maximum atomic E-state index is 2.51. The van der Waals surface area contributed by atoms with Gasteiger partial charge in [-0.15, -0.1) is 20.1 Å². The number of hydrogen-bond acceptors (Lipinski definition) is 0. The number of para-hydroxylation sites is 2. The van der Waals surface area contributed by atoms with Gasteiger partial charge in [-0.25, -0.2) is 0 Å². The van der Waals surface area contributed by atoms with Crippen molar-refractivity contribution in [3.05, 3.63) is 291 Å². The Morgan fingerprint density at radius 3 is 1.09 bits per heavy atom. The summed E-state index contributed by atoms with van der Waals surface area (Å²) >= 11 is 0. The first-order valence-corrected chi connectivity index (χ1v) is 27.2. The molecule has 2 heterocycles. The predicted molar refractivity (Wildman–Crippen MR) is 295 cm³/mol. The number of hydrogen-bond donors (Lipinski definition) is 0. The first-order chi connectivity index (χ1) is 34.8. The molecule has 0 spiro atoms. The summed E-state index contributed by atoms with van der Waals surface area (Å²) in [5, 5.41) is 4.97. The van der Waals surface area contributed by atoms with Crippen LogP contribution in [0.5, 0.6) is 0 Å². The van der Waals surface area contributed by atoms with Crippen LogP contribution in [-0.2, 0) is 0 Å². The molecule has 4 heteroatoms. The average molecular weight is 933 g/mol. The molecule has 11 aromatic carbocycles. The molecule has 0 unspecified atom stereocenters. The summed E-state index contributed by atoms with van der Waals surface area (Å²) in [6, 6.07) is 108. The van der Waals surface area contributed by atoms with Crippen LogP contribution in [0.2, 0.25) is 0 Å². The van der Waals surface area contributed by atoms with E-state index in [9.17, 15) is 0 Å². The number of aromatic nitrogens is 2. The molecule has 13 aromatic rings. The third-order valence-electron chi connectivity index (χ3n) is 13.9. The molecule has 0 aliphatic rings. The maximum absolute atomic E-state index is 2.51. The Morgan fingerprint density at radius 2 is 0.571 bits per heavy atom. The fourth-order valence-electron chi connectivity index (χ4n) is 11.1. The van der Waals surface area contributed by atoms with E-state index < -0.39 is 20.1 Å². The van der Waals surface area contributed by atoms with Gasteiger partial charge in [-0.3, -0.25) is 0 Å². The lowest BCUT2D eigenvalue weighted by Crippen LogP contribution is -2.06. The number of benzene rings is 11. The molecule has 0 saturated carbocycles. The first-order valence-electron chi connectivity index (χ1n) is 23.9. The van der Waals surface area contributed by atoms with E-state index in [4.69, 9.17) is 0 Å². The molecule has 0 saturated heterocycles. The zero-order chi connectivity index (χ0) is 46.5. The lowest BCUT2D eigenvalue weighted by atomic mass is 10.1. The highest BCUT2D eigenvalue weighted by Gasteiger charge is 2.37. The van der Waals surface area contributed by atoms with Gasteiger partial charge in [0, 0.05) is 72.1 Å². The van der Waals surface area contributed by atoms with Crippen LogP contribution in [-0.4, -0.2) is 9.13 Å². The van der Waals surface area contributed by atoms with Crippen LogP contribution in [0, 0.1) is 0 Å². The minimum atomic E-state index is -1.99. The van der Waals surface area contributed by atoms with Crippen LogP contribution >= 0.6 is 20.1 Å². The Hall–Kier alpha value is -8.28. The molecule has 13 rings (SSSR count). The first kappa shape index (κ1) is 41.9. The highest BCUT2D eigenvalue weighted by atomic mass is 32.3. The number of fused-ring (bicyclic) bond motifs is 6. The van der Waals surface area contributed by atoms with Gasteiger partial charge in [0.2, 0.25) is 0 Å². The van der Waals surface area contributed by atoms with Crippen molar-refractivity contribution in [1.82, 2.24) is 9.13 Å². The van der Waals surface area contributed by atoms with E-state index >= 15 is 0 Å². The van der Waals surface area contributed by atoms with E-state index in [1.807, 2.05) is 0 Å². The lowest BCUT2D eigenvalue weighted by Gasteiger charge is -2.42. The van der Waals surface area contributed by atoms with Gasteiger partial charge in [-0.05, 0) is 127 Å². The Labute approximate surface area is 412 Å². The van der Waals surface area contributed by atoms with E-state index in [1.165, 1.54) is 77.3 Å². The van der Waals surface area contributed by atoms with E-state index in [2.05, 4.69) is 300 Å². The monoisotopic (exact) mass is 932 g/mol. The molecule has 2 aromatic heterocycles. The third-order valence-corrected chi connectivity index (χ3v) is 21.8. The highest BCUT2D eigenvalue weighted by Crippen LogP contribution is 2.75. The topological polar surface area (TPSA) is 9.86 Å². The SMILES string of the molecule is c1ccc(S(c2ccccc2)(c2ccccc2)c2cccc(-n3c4ccccc4c4ccc(-n5c6ccccc6c6c(S(c7ccccc7)(c7ccccc7)c7ccccc7)cccc65)cc43)c2)cc1. The van der Waals surface area contributed by atoms with Crippen LogP contribution in [0.15, 0.2) is 330 Å². The van der Waals surface area contributed by atoms with Crippen molar-refractivity contribution >= 4 is 63.7 Å². The zero-order valence-electron chi connectivity index (χ0n) is 38.4. The number of rotatable bonds is 10. The van der Waals surface area contributed by atoms with E-state index in [0.717, 1.165) is 16.9 Å². The van der Waals surface area contributed by atoms with Gasteiger partial charge >= 0.3 is 0 Å². The molecule has 0 aliphatic heterocycles.